The second-order valence-corrected chi connectivity index (χ2v) is 42.6. The van der Waals surface area contributed by atoms with E-state index in [4.69, 9.17) is 34.0 Å². The molecule has 0 radical (unpaired) electrons. The molecule has 2 aliphatic carbocycles. The van der Waals surface area contributed by atoms with Gasteiger partial charge in [0.1, 0.15) is 36.1 Å². The van der Waals surface area contributed by atoms with Crippen LogP contribution in [0.15, 0.2) is 288 Å². The number of amides is 5. The fourth-order valence-electron chi connectivity index (χ4n) is 22.2. The van der Waals surface area contributed by atoms with Crippen molar-refractivity contribution in [3.63, 3.8) is 0 Å². The first-order valence-electron chi connectivity index (χ1n) is 52.4. The van der Waals surface area contributed by atoms with E-state index in [-0.39, 0.29) is 132 Å². The minimum Gasteiger partial charge on any atom is -0.457 e. The van der Waals surface area contributed by atoms with E-state index in [0.29, 0.717) is 73.2 Å². The summed E-state index contributed by atoms with van der Waals surface area (Å²) in [5, 5.41) is 19.6. The quantitative estimate of drug-likeness (QED) is 0.00843. The molecular formula is C126H142I2N8O12Si+2. The summed E-state index contributed by atoms with van der Waals surface area (Å²) in [5.74, 6) is 12.8. The lowest BCUT2D eigenvalue weighted by molar-refractivity contribution is -0.433. The first-order valence-corrected chi connectivity index (χ1v) is 54.3. The molecule has 23 heteroatoms. The highest BCUT2D eigenvalue weighted by atomic mass is 127. The average Bonchev–Trinajstić information content (AvgIpc) is 1.59. The Kier molecular flexibility index (Phi) is 38.7. The molecule has 17 rings (SSSR count). The number of halogens is 2. The van der Waals surface area contributed by atoms with Crippen LogP contribution in [0.5, 0.6) is 11.5 Å². The normalized spacial score (nSPS) is 17.1. The largest absolute Gasteiger partial charge is 0.500 e. The number of carbonyl (C=O) groups excluding carboxylic acids is 6. The molecule has 774 valence electrons. The number of hydrogen-bond acceptors (Lipinski definition) is 14. The number of rotatable bonds is 35. The molecule has 5 aliphatic heterocycles. The average molecular weight is 2240 g/mol. The number of hydroxylamine groups is 2. The van der Waals surface area contributed by atoms with Crippen LogP contribution in [0.2, 0.25) is 6.04 Å². The Morgan fingerprint density at radius 1 is 0.430 bits per heavy atom. The van der Waals surface area contributed by atoms with Gasteiger partial charge in [-0.05, 0) is 338 Å². The van der Waals surface area contributed by atoms with Gasteiger partial charge in [0, 0.05) is 164 Å². The van der Waals surface area contributed by atoms with Gasteiger partial charge >= 0.3 is 14.8 Å². The van der Waals surface area contributed by atoms with Gasteiger partial charge in [0.25, 0.3) is 11.8 Å². The predicted octanol–water partition coefficient (Wildman–Crippen LogP) is 27.4. The Morgan fingerprint density at radius 3 is 1.21 bits per heavy atom. The highest BCUT2D eigenvalue weighted by Gasteiger charge is 2.49. The van der Waals surface area contributed by atoms with Gasteiger partial charge in [-0.3, -0.25) is 24.0 Å². The van der Waals surface area contributed by atoms with Crippen molar-refractivity contribution >= 4 is 181 Å². The van der Waals surface area contributed by atoms with E-state index in [1.165, 1.54) is 111 Å². The number of benzene rings is 10. The van der Waals surface area contributed by atoms with Crippen molar-refractivity contribution in [1.82, 2.24) is 10.4 Å². The summed E-state index contributed by atoms with van der Waals surface area (Å²) in [6.45, 7) is 40.6. The van der Waals surface area contributed by atoms with E-state index in [1.807, 2.05) is 69.3 Å². The molecule has 1 saturated heterocycles. The maximum absolute atomic E-state index is 13.1. The van der Waals surface area contributed by atoms with Gasteiger partial charge in [-0.15, -0.1) is 59.4 Å². The van der Waals surface area contributed by atoms with Crippen molar-refractivity contribution in [1.29, 1.82) is 0 Å². The predicted molar refractivity (Wildman–Crippen MR) is 627 cm³/mol. The first kappa shape index (κ1) is 113. The molecule has 0 saturated carbocycles. The Morgan fingerprint density at radius 2 is 0.819 bits per heavy atom. The van der Waals surface area contributed by atoms with Gasteiger partial charge in [-0.1, -0.05) is 155 Å². The second-order valence-electron chi connectivity index (χ2n) is 39.8. The topological polar surface area (TPSA) is 210 Å². The third kappa shape index (κ3) is 25.2. The van der Waals surface area contributed by atoms with E-state index < -0.39 is 26.6 Å². The van der Waals surface area contributed by atoms with E-state index in [1.54, 1.807) is 6.92 Å². The number of hydrogen-bond donors (Lipinski definition) is 3. The van der Waals surface area contributed by atoms with E-state index >= 15 is 0 Å². The van der Waals surface area contributed by atoms with Gasteiger partial charge < -0.3 is 53.3 Å². The lowest BCUT2D eigenvalue weighted by atomic mass is 9.78. The van der Waals surface area contributed by atoms with E-state index in [0.717, 1.165) is 98.5 Å². The number of ether oxygens (including phenoxy) is 2. The van der Waals surface area contributed by atoms with Crippen molar-refractivity contribution in [3.8, 4) is 47.5 Å². The third-order valence-corrected chi connectivity index (χ3v) is 32.1. The van der Waals surface area contributed by atoms with Crippen LogP contribution in [-0.2, 0) is 68.5 Å². The van der Waals surface area contributed by atoms with Crippen LogP contribution in [-0.4, -0.2) is 122 Å². The van der Waals surface area contributed by atoms with Crippen LogP contribution in [0.1, 0.15) is 229 Å². The first-order chi connectivity index (χ1) is 71.0. The van der Waals surface area contributed by atoms with Gasteiger partial charge in [0.15, 0.2) is 11.4 Å². The highest BCUT2D eigenvalue weighted by Crippen LogP contribution is 2.54. The molecule has 10 aromatic carbocycles. The molecule has 1 fully saturated rings. The maximum atomic E-state index is 13.1. The molecule has 0 unspecified atom stereocenters. The van der Waals surface area contributed by atoms with Gasteiger partial charge in [0.2, 0.25) is 29.1 Å². The van der Waals surface area contributed by atoms with E-state index in [9.17, 15) is 28.8 Å². The summed E-state index contributed by atoms with van der Waals surface area (Å²) >= 11 is 0. The monoisotopic (exact) mass is 2240 g/mol. The fourth-order valence-corrected chi connectivity index (χ4v) is 24.8. The number of imide groups is 1. The number of terminal acetylenes is 1. The minimum atomic E-state index is -2.76. The molecule has 0 bridgehead atoms. The zero-order valence-corrected chi connectivity index (χ0v) is 94.8. The van der Waals surface area contributed by atoms with Crippen molar-refractivity contribution in [2.75, 3.05) is 73.0 Å². The Labute approximate surface area is 915 Å². The summed E-state index contributed by atoms with van der Waals surface area (Å²) in [7, 11) is -2.76. The molecule has 149 heavy (non-hydrogen) atoms. The van der Waals surface area contributed by atoms with Crippen molar-refractivity contribution < 1.29 is 65.5 Å². The number of allylic oxidation sites excluding steroid dienone is 14. The van der Waals surface area contributed by atoms with Gasteiger partial charge in [-0.2, -0.15) is 9.15 Å². The van der Waals surface area contributed by atoms with Crippen LogP contribution in [0.25, 0.3) is 43.1 Å². The van der Waals surface area contributed by atoms with Gasteiger partial charge in [-0.25, -0.2) is 4.79 Å². The van der Waals surface area contributed by atoms with Crippen LogP contribution in [0.4, 0.5) is 34.1 Å². The third-order valence-electron chi connectivity index (χ3n) is 28.9. The molecule has 5 heterocycles. The zero-order valence-electron chi connectivity index (χ0n) is 89.1. The van der Waals surface area contributed by atoms with Gasteiger partial charge in [0.05, 0.1) is 10.8 Å². The molecule has 7 aliphatic rings. The summed E-state index contributed by atoms with van der Waals surface area (Å²) in [5.41, 5.74) is 20.4. The smallest absolute Gasteiger partial charge is 0.457 e. The van der Waals surface area contributed by atoms with E-state index in [2.05, 4.69) is 342 Å². The second kappa shape index (κ2) is 51.0. The Balaban J connectivity index is 0.000000231. The summed E-state index contributed by atoms with van der Waals surface area (Å²) in [6.07, 6.45) is 30.5. The van der Waals surface area contributed by atoms with Crippen LogP contribution >= 0.6 is 48.0 Å². The number of nitrogens with zero attached hydrogens (tertiary/aromatic N) is 5. The Hall–Kier alpha value is -13.0. The lowest BCUT2D eigenvalue weighted by Gasteiger charge is -2.28. The molecular weight excluding hydrogens is 2100 g/mol. The molecule has 0 aromatic heterocycles. The number of likely N-dealkylation sites (N-methyl/N-ethyl adjacent to an activating group) is 2. The minimum absolute atomic E-state index is 0. The number of carbonyl (C=O) groups is 6. The SMILES string of the molecule is C#CC#CC#CC.CCN1/C(=C/C=C2\CCCC(/C=C/C3=[N+](CC)c4ccc5ccccc5c4C3(C)C)=C2Oc2ccc(NC(=O)CCCC(=O)ON3C(=O)CCC3=O)cc2)C(C)(C)c2c1ccc1ccccc21.CCO[Si](CCCNC(=O)CCCC(=O)Nc1ccc(OC2=C(/C=C/C3=[N+](CC)c4ccc5ccccc5c4C3(C)C)CCC/C2=C\C=C2\N(CC)c3ccc4ccccc4c3C2(C)C)cc1)(OCC)OCC.I.I. The molecule has 5 amide bonds. The fraction of sp³-hybridized carbons (Fsp3) is 0.349. The summed E-state index contributed by atoms with van der Waals surface area (Å²) in [6, 6.07) is 68.5. The lowest BCUT2D eigenvalue weighted by Crippen LogP contribution is -2.46. The highest BCUT2D eigenvalue weighted by molar-refractivity contribution is 14.0. The molecule has 3 N–H and O–H groups in total. The van der Waals surface area contributed by atoms with Crippen molar-refractivity contribution in [3.05, 3.63) is 310 Å². The van der Waals surface area contributed by atoms with Crippen LogP contribution in [0.3, 0.4) is 0 Å². The number of anilines is 4. The summed E-state index contributed by atoms with van der Waals surface area (Å²) < 4.78 is 36.7. The zero-order chi connectivity index (χ0) is 104. The number of nitrogens with one attached hydrogen (secondary N) is 3. The van der Waals surface area contributed by atoms with Crippen molar-refractivity contribution in [2.45, 2.75) is 235 Å². The van der Waals surface area contributed by atoms with Crippen molar-refractivity contribution in [2.24, 2.45) is 0 Å². The molecule has 0 spiro atoms. The van der Waals surface area contributed by atoms with Crippen LogP contribution < -0.4 is 35.2 Å². The molecule has 0 atom stereocenters. The molecule has 20 nitrogen and oxygen atoms in total. The Bertz CT molecular complexity index is 7230. The standard InChI is InChI=1S/C62H76N4O6Si.C57H58N4O6.C7H4.2HI/c1-10-65-52-38-30-44-22-15-17-26-50(44)58(52)61(6,7)54(65)40-32-46-24-19-25-47(33-41-55-62(8,9)59-51-27-18-16-23-45(51)31-39-53(59)66(55)11-2)60(46)72-49-36-34-48(35-37-49)64-57(68)29-20-28-56(67)63-42-21-43-73(69-12-3,70-13-4)71-14-5;1-7-59-45-31-23-37-15-9-11-19-43(37)53(45)56(3,4)47(59)33-25-39-17-13-18-40(26-34-48-57(5,6)54-44-20-12-10-16-38(44)24-32-46(54)60(48)8-2)55(39)66-42-29-27-41(28-30-42)58-49(62)21-14-22-52(65)67-61-50(63)35-36-51(61)64;1-3-5-7-6-4-2;;/h15-18,22-23,26-27,30-41H,10-14,19-21,24-25,28-29,42-43H2,1-9H3,(H-,63,64,67,68);9-12,15-16,19-20,23-34H,7-8,13-14,17-18,21-22,35-36H2,1-6H3;1H,2H3;2*1H/p+2. The molecule has 10 aromatic rings. The van der Waals surface area contributed by atoms with Crippen LogP contribution in [0, 0.1) is 36.0 Å². The number of fused-ring (bicyclic) bond motifs is 12. The summed E-state index contributed by atoms with van der Waals surface area (Å²) in [4.78, 5) is 84.4. The maximum Gasteiger partial charge on any atom is 0.500 e.